The Bertz CT molecular complexity index is 1140. The van der Waals surface area contributed by atoms with E-state index in [1.807, 2.05) is 60.7 Å². The molecule has 0 radical (unpaired) electrons. The Morgan fingerprint density at radius 1 is 0.600 bits per heavy atom. The van der Waals surface area contributed by atoms with Gasteiger partial charge in [-0.1, -0.05) is 78.1 Å². The van der Waals surface area contributed by atoms with E-state index in [1.54, 1.807) is 0 Å². The van der Waals surface area contributed by atoms with Crippen molar-refractivity contribution in [1.82, 2.24) is 0 Å². The van der Waals surface area contributed by atoms with E-state index in [9.17, 15) is 5.26 Å². The highest BCUT2D eigenvalue weighted by Crippen LogP contribution is 2.32. The zero-order valence-electron chi connectivity index (χ0n) is 13.9. The fraction of sp³-hybridized carbons (Fsp3) is 0.0417. The fourth-order valence-electron chi connectivity index (χ4n) is 3.16. The maximum atomic E-state index is 9.67. The molecule has 0 aliphatic heterocycles. The monoisotopic (exact) mass is 317 g/mol. The number of benzene rings is 4. The minimum Gasteiger partial charge on any atom is -0.192 e. The molecule has 116 valence electrons. The summed E-state index contributed by atoms with van der Waals surface area (Å²) in [5, 5.41) is 13.6. The first kappa shape index (κ1) is 15.0. The second kappa shape index (κ2) is 6.16. The lowest BCUT2D eigenvalue weighted by atomic mass is 9.92. The second-order valence-corrected chi connectivity index (χ2v) is 6.07. The van der Waals surface area contributed by atoms with Crippen LogP contribution < -0.4 is 0 Å². The number of hydrogen-bond donors (Lipinski definition) is 0. The standard InChI is InChI=1S/C24H15N/c1-17-10-12-18(13-11-17)14-15-23-19-6-2-4-8-21(19)24(16-25)22-9-5-3-7-20(22)23/h2-13H,1H3. The van der Waals surface area contributed by atoms with Crippen molar-refractivity contribution in [3.05, 3.63) is 95.1 Å². The smallest absolute Gasteiger partial charge is 0.100 e. The Morgan fingerprint density at radius 2 is 1.08 bits per heavy atom. The number of fused-ring (bicyclic) bond motifs is 2. The van der Waals surface area contributed by atoms with Gasteiger partial charge in [0.2, 0.25) is 0 Å². The van der Waals surface area contributed by atoms with Crippen molar-refractivity contribution in [3.63, 3.8) is 0 Å². The van der Waals surface area contributed by atoms with Gasteiger partial charge < -0.3 is 0 Å². The molecule has 0 bridgehead atoms. The molecule has 0 fully saturated rings. The zero-order valence-corrected chi connectivity index (χ0v) is 13.9. The summed E-state index contributed by atoms with van der Waals surface area (Å²) in [6.45, 7) is 2.07. The minimum absolute atomic E-state index is 0.715. The lowest BCUT2D eigenvalue weighted by Crippen LogP contribution is -1.90. The van der Waals surface area contributed by atoms with Crippen LogP contribution in [0.2, 0.25) is 0 Å². The number of aryl methyl sites for hydroxylation is 1. The van der Waals surface area contributed by atoms with Gasteiger partial charge in [0.25, 0.3) is 0 Å². The van der Waals surface area contributed by atoms with Crippen molar-refractivity contribution in [1.29, 1.82) is 5.26 Å². The average Bonchev–Trinajstić information content (AvgIpc) is 2.66. The first-order valence-corrected chi connectivity index (χ1v) is 8.20. The number of rotatable bonds is 0. The van der Waals surface area contributed by atoms with Gasteiger partial charge in [-0.15, -0.1) is 0 Å². The van der Waals surface area contributed by atoms with Gasteiger partial charge in [-0.25, -0.2) is 0 Å². The maximum absolute atomic E-state index is 9.67. The Balaban J connectivity index is 2.06. The Labute approximate surface area is 147 Å². The maximum Gasteiger partial charge on any atom is 0.100 e. The first-order valence-electron chi connectivity index (χ1n) is 8.20. The third kappa shape index (κ3) is 2.63. The molecule has 0 aromatic heterocycles. The van der Waals surface area contributed by atoms with Crippen molar-refractivity contribution >= 4 is 21.5 Å². The summed E-state index contributed by atoms with van der Waals surface area (Å²) in [6.07, 6.45) is 0. The third-order valence-corrected chi connectivity index (χ3v) is 4.43. The third-order valence-electron chi connectivity index (χ3n) is 4.43. The molecular formula is C24H15N. The van der Waals surface area contributed by atoms with Gasteiger partial charge in [-0.2, -0.15) is 5.26 Å². The molecule has 0 atom stereocenters. The minimum atomic E-state index is 0.715. The van der Waals surface area contributed by atoms with Gasteiger partial charge in [0.1, 0.15) is 6.07 Å². The van der Waals surface area contributed by atoms with Crippen LogP contribution in [0.15, 0.2) is 72.8 Å². The molecule has 1 heteroatoms. The van der Waals surface area contributed by atoms with E-state index in [-0.39, 0.29) is 0 Å². The van der Waals surface area contributed by atoms with Crippen molar-refractivity contribution < 1.29 is 0 Å². The van der Waals surface area contributed by atoms with E-state index in [4.69, 9.17) is 0 Å². The molecule has 0 aliphatic carbocycles. The highest BCUT2D eigenvalue weighted by molar-refractivity contribution is 6.09. The quantitative estimate of drug-likeness (QED) is 0.307. The molecule has 0 aliphatic rings. The normalized spacial score (nSPS) is 10.2. The Kier molecular flexibility index (Phi) is 3.70. The molecule has 0 heterocycles. The van der Waals surface area contributed by atoms with Crippen molar-refractivity contribution in [2.45, 2.75) is 6.92 Å². The number of nitriles is 1. The highest BCUT2D eigenvalue weighted by Gasteiger charge is 2.11. The Hall–Kier alpha value is -3.55. The summed E-state index contributed by atoms with van der Waals surface area (Å²) < 4.78 is 0. The average molecular weight is 317 g/mol. The summed E-state index contributed by atoms with van der Waals surface area (Å²) in [5.41, 5.74) is 3.90. The summed E-state index contributed by atoms with van der Waals surface area (Å²) >= 11 is 0. The zero-order chi connectivity index (χ0) is 17.2. The van der Waals surface area contributed by atoms with E-state index in [1.165, 1.54) is 5.56 Å². The van der Waals surface area contributed by atoms with Crippen LogP contribution in [-0.4, -0.2) is 0 Å². The Morgan fingerprint density at radius 3 is 1.56 bits per heavy atom. The molecule has 25 heavy (non-hydrogen) atoms. The van der Waals surface area contributed by atoms with E-state index >= 15 is 0 Å². The molecule has 0 unspecified atom stereocenters. The lowest BCUT2D eigenvalue weighted by Gasteiger charge is -2.09. The van der Waals surface area contributed by atoms with Crippen LogP contribution in [0.5, 0.6) is 0 Å². The van der Waals surface area contributed by atoms with Crippen LogP contribution in [0, 0.1) is 30.1 Å². The molecule has 0 saturated carbocycles. The SMILES string of the molecule is Cc1ccc(C#Cc2c3ccccc3c(C#N)c3ccccc23)cc1. The van der Waals surface area contributed by atoms with Crippen molar-refractivity contribution in [3.8, 4) is 17.9 Å². The molecule has 0 spiro atoms. The molecule has 0 saturated heterocycles. The molecular weight excluding hydrogens is 302 g/mol. The predicted octanol–water partition coefficient (Wildman–Crippen LogP) is 5.57. The molecule has 0 amide bonds. The lowest BCUT2D eigenvalue weighted by molar-refractivity contribution is 1.46. The molecule has 1 nitrogen and oxygen atoms in total. The molecule has 0 N–H and O–H groups in total. The van der Waals surface area contributed by atoms with Crippen LogP contribution >= 0.6 is 0 Å². The van der Waals surface area contributed by atoms with Gasteiger partial charge in [0.15, 0.2) is 0 Å². The number of nitrogens with zero attached hydrogens (tertiary/aromatic N) is 1. The van der Waals surface area contributed by atoms with E-state index < -0.39 is 0 Å². The van der Waals surface area contributed by atoms with Crippen LogP contribution in [0.4, 0.5) is 0 Å². The van der Waals surface area contributed by atoms with Gasteiger partial charge >= 0.3 is 0 Å². The molecule has 4 aromatic rings. The van der Waals surface area contributed by atoms with Crippen molar-refractivity contribution in [2.75, 3.05) is 0 Å². The molecule has 4 aromatic carbocycles. The summed E-state index contributed by atoms with van der Waals surface area (Å²) in [7, 11) is 0. The second-order valence-electron chi connectivity index (χ2n) is 6.07. The number of hydrogen-bond acceptors (Lipinski definition) is 1. The van der Waals surface area contributed by atoms with Crippen LogP contribution in [-0.2, 0) is 0 Å². The van der Waals surface area contributed by atoms with E-state index in [0.29, 0.717) is 5.56 Å². The summed E-state index contributed by atoms with van der Waals surface area (Å²) in [5.74, 6) is 6.64. The van der Waals surface area contributed by atoms with Crippen LogP contribution in [0.1, 0.15) is 22.3 Å². The van der Waals surface area contributed by atoms with Gasteiger partial charge in [-0.3, -0.25) is 0 Å². The topological polar surface area (TPSA) is 23.8 Å². The van der Waals surface area contributed by atoms with E-state index in [0.717, 1.165) is 32.7 Å². The first-order chi connectivity index (χ1) is 12.3. The van der Waals surface area contributed by atoms with Gasteiger partial charge in [0, 0.05) is 21.9 Å². The molecule has 4 rings (SSSR count). The largest absolute Gasteiger partial charge is 0.192 e. The van der Waals surface area contributed by atoms with Crippen LogP contribution in [0.3, 0.4) is 0 Å². The highest BCUT2D eigenvalue weighted by atomic mass is 14.3. The van der Waals surface area contributed by atoms with Crippen LogP contribution in [0.25, 0.3) is 21.5 Å². The van der Waals surface area contributed by atoms with Crippen molar-refractivity contribution in [2.24, 2.45) is 0 Å². The summed E-state index contributed by atoms with van der Waals surface area (Å²) in [6, 6.07) is 26.6. The predicted molar refractivity (Wildman–Crippen MR) is 103 cm³/mol. The summed E-state index contributed by atoms with van der Waals surface area (Å²) in [4.78, 5) is 0. The van der Waals surface area contributed by atoms with Gasteiger partial charge in [0.05, 0.1) is 5.56 Å². The van der Waals surface area contributed by atoms with Gasteiger partial charge in [-0.05, 0) is 29.8 Å². The fourth-order valence-corrected chi connectivity index (χ4v) is 3.16. The van der Waals surface area contributed by atoms with E-state index in [2.05, 4.69) is 37.0 Å².